The Morgan fingerprint density at radius 2 is 1.87 bits per heavy atom. The smallest absolute Gasteiger partial charge is 0.349 e. The highest BCUT2D eigenvalue weighted by Crippen LogP contribution is 2.37. The van der Waals surface area contributed by atoms with Gasteiger partial charge < -0.3 is 14.7 Å². The number of aliphatic hydroxyl groups is 1. The van der Waals surface area contributed by atoms with Gasteiger partial charge in [0, 0.05) is 25.3 Å². The molecule has 1 heterocycles. The second kappa shape index (κ2) is 6.83. The quantitative estimate of drug-likeness (QED) is 0.905. The molecule has 1 aromatic carbocycles. The molecule has 0 aliphatic carbocycles. The maximum Gasteiger partial charge on any atom is 0.349 e. The summed E-state index contributed by atoms with van der Waals surface area (Å²) in [5, 5.41) is 9.49. The Morgan fingerprint density at radius 1 is 1.30 bits per heavy atom. The highest BCUT2D eigenvalue weighted by molar-refractivity contribution is 5.85. The molecular weight excluding hydrogens is 304 g/mol. The van der Waals surface area contributed by atoms with Gasteiger partial charge in [0.15, 0.2) is 0 Å². The van der Waals surface area contributed by atoms with Crippen molar-refractivity contribution in [2.45, 2.75) is 32.1 Å². The van der Waals surface area contributed by atoms with Crippen molar-refractivity contribution < 1.29 is 23.4 Å². The van der Waals surface area contributed by atoms with E-state index in [1.807, 2.05) is 6.92 Å². The number of carbonyl (C=O) groups is 1. The monoisotopic (exact) mass is 327 g/mol. The topological polar surface area (TPSA) is 49.8 Å². The predicted molar refractivity (Wildman–Crippen MR) is 82.5 cm³/mol. The van der Waals surface area contributed by atoms with Gasteiger partial charge in [-0.2, -0.15) is 8.78 Å². The summed E-state index contributed by atoms with van der Waals surface area (Å²) >= 11 is 0. The van der Waals surface area contributed by atoms with Gasteiger partial charge in [-0.15, -0.1) is 0 Å². The molecule has 0 spiro atoms. The molecule has 1 fully saturated rings. The predicted octanol–water partition coefficient (Wildman–Crippen LogP) is 2.80. The van der Waals surface area contributed by atoms with Gasteiger partial charge >= 0.3 is 5.92 Å². The first-order chi connectivity index (χ1) is 10.9. The summed E-state index contributed by atoms with van der Waals surface area (Å²) in [6, 6.07) is 5.26. The zero-order chi connectivity index (χ0) is 17.1. The van der Waals surface area contributed by atoms with Crippen molar-refractivity contribution in [3.63, 3.8) is 0 Å². The minimum absolute atomic E-state index is 0.0282. The molecule has 0 atom stereocenters. The van der Waals surface area contributed by atoms with E-state index in [4.69, 9.17) is 4.74 Å². The number of hydrogen-bond donors (Lipinski definition) is 1. The van der Waals surface area contributed by atoms with Crippen LogP contribution < -0.4 is 4.74 Å². The molecule has 1 aromatic rings. The molecule has 1 amide bonds. The number of rotatable bonds is 5. The van der Waals surface area contributed by atoms with E-state index >= 15 is 0 Å². The van der Waals surface area contributed by atoms with Crippen LogP contribution in [0.3, 0.4) is 0 Å². The molecule has 0 unspecified atom stereocenters. The van der Waals surface area contributed by atoms with Crippen LogP contribution in [0.1, 0.15) is 31.7 Å². The van der Waals surface area contributed by atoms with Crippen molar-refractivity contribution >= 4 is 5.91 Å². The Hall–Kier alpha value is -1.69. The number of nitrogens with zero attached hydrogens (tertiary/aromatic N) is 1. The van der Waals surface area contributed by atoms with Crippen molar-refractivity contribution in [3.05, 3.63) is 29.8 Å². The highest BCUT2D eigenvalue weighted by Gasteiger charge is 2.46. The molecule has 0 saturated carbocycles. The molecule has 1 saturated heterocycles. The van der Waals surface area contributed by atoms with Crippen LogP contribution in [0.25, 0.3) is 0 Å². The molecule has 23 heavy (non-hydrogen) atoms. The van der Waals surface area contributed by atoms with Crippen molar-refractivity contribution in [2.75, 3.05) is 26.8 Å². The SMILES string of the molecule is CCC1(CO)CCN(C(=O)C(F)(F)c2ccc(OC)cc2)CC1. The lowest BCUT2D eigenvalue weighted by Gasteiger charge is -2.41. The van der Waals surface area contributed by atoms with Crippen molar-refractivity contribution in [2.24, 2.45) is 5.41 Å². The molecule has 0 radical (unpaired) electrons. The maximum absolute atomic E-state index is 14.4. The summed E-state index contributed by atoms with van der Waals surface area (Å²) in [5.41, 5.74) is -0.579. The van der Waals surface area contributed by atoms with Crippen LogP contribution in [0.2, 0.25) is 0 Å². The first-order valence-electron chi connectivity index (χ1n) is 7.81. The van der Waals surface area contributed by atoms with Crippen LogP contribution in [0.15, 0.2) is 24.3 Å². The van der Waals surface area contributed by atoms with Crippen LogP contribution in [0.4, 0.5) is 8.78 Å². The van der Waals surface area contributed by atoms with Crippen LogP contribution in [-0.4, -0.2) is 42.7 Å². The zero-order valence-electron chi connectivity index (χ0n) is 13.5. The van der Waals surface area contributed by atoms with Crippen molar-refractivity contribution in [3.8, 4) is 5.75 Å². The fraction of sp³-hybridized carbons (Fsp3) is 0.588. The van der Waals surface area contributed by atoms with Crippen LogP contribution in [0.5, 0.6) is 5.75 Å². The minimum Gasteiger partial charge on any atom is -0.497 e. The van der Waals surface area contributed by atoms with Crippen molar-refractivity contribution in [1.82, 2.24) is 4.90 Å². The summed E-state index contributed by atoms with van der Waals surface area (Å²) in [6.07, 6.45) is 1.87. The van der Waals surface area contributed by atoms with Crippen LogP contribution in [0, 0.1) is 5.41 Å². The molecule has 0 aromatic heterocycles. The van der Waals surface area contributed by atoms with E-state index in [2.05, 4.69) is 0 Å². The van der Waals surface area contributed by atoms with Gasteiger partial charge in [-0.25, -0.2) is 0 Å². The molecule has 128 valence electrons. The Balaban J connectivity index is 2.09. The zero-order valence-corrected chi connectivity index (χ0v) is 13.5. The molecule has 1 N–H and O–H groups in total. The van der Waals surface area contributed by atoms with Gasteiger partial charge in [0.2, 0.25) is 0 Å². The highest BCUT2D eigenvalue weighted by atomic mass is 19.3. The van der Waals surface area contributed by atoms with Crippen LogP contribution >= 0.6 is 0 Å². The standard InChI is InChI=1S/C17H23F2NO3/c1-3-16(12-21)8-10-20(11-9-16)15(22)17(18,19)13-4-6-14(23-2)7-5-13/h4-7,21H,3,8-12H2,1-2H3. The molecule has 0 bridgehead atoms. The summed E-state index contributed by atoms with van der Waals surface area (Å²) < 4.78 is 33.8. The second-order valence-corrected chi connectivity index (χ2v) is 6.11. The number of aliphatic hydroxyl groups excluding tert-OH is 1. The number of methoxy groups -OCH3 is 1. The maximum atomic E-state index is 14.4. The lowest BCUT2D eigenvalue weighted by molar-refractivity contribution is -0.162. The van der Waals surface area contributed by atoms with E-state index in [9.17, 15) is 18.7 Å². The largest absolute Gasteiger partial charge is 0.497 e. The molecular formula is C17H23F2NO3. The third kappa shape index (κ3) is 3.47. The minimum atomic E-state index is -3.56. The van der Waals surface area contributed by atoms with Gasteiger partial charge in [-0.05, 0) is 48.9 Å². The van der Waals surface area contributed by atoms with Gasteiger partial charge in [-0.1, -0.05) is 6.92 Å². The fourth-order valence-electron chi connectivity index (χ4n) is 2.93. The number of halogens is 2. The van der Waals surface area contributed by atoms with Gasteiger partial charge in [0.25, 0.3) is 5.91 Å². The second-order valence-electron chi connectivity index (χ2n) is 6.11. The Bertz CT molecular complexity index is 531. The first kappa shape index (κ1) is 17.7. The van der Waals surface area contributed by atoms with E-state index in [0.29, 0.717) is 18.6 Å². The molecule has 4 nitrogen and oxygen atoms in total. The fourth-order valence-corrected chi connectivity index (χ4v) is 2.93. The van der Waals surface area contributed by atoms with E-state index in [1.165, 1.54) is 36.3 Å². The number of alkyl halides is 2. The summed E-state index contributed by atoms with van der Waals surface area (Å²) in [7, 11) is 1.45. The molecule has 2 rings (SSSR count). The lowest BCUT2D eigenvalue weighted by Crippen LogP contribution is -2.49. The number of amides is 1. The van der Waals surface area contributed by atoms with Gasteiger partial charge in [0.1, 0.15) is 5.75 Å². The first-order valence-corrected chi connectivity index (χ1v) is 7.81. The normalized spacial score (nSPS) is 17.9. The van der Waals surface area contributed by atoms with E-state index in [0.717, 1.165) is 6.42 Å². The number of carbonyl (C=O) groups excluding carboxylic acids is 1. The van der Waals surface area contributed by atoms with Gasteiger partial charge in [0.05, 0.1) is 7.11 Å². The summed E-state index contributed by atoms with van der Waals surface area (Å²) in [6.45, 7) is 2.50. The Morgan fingerprint density at radius 3 is 2.30 bits per heavy atom. The Kier molecular flexibility index (Phi) is 5.24. The third-order valence-corrected chi connectivity index (χ3v) is 4.92. The number of benzene rings is 1. The van der Waals surface area contributed by atoms with Crippen LogP contribution in [-0.2, 0) is 10.7 Å². The molecule has 6 heteroatoms. The Labute approximate surface area is 135 Å². The van der Waals surface area contributed by atoms with E-state index in [1.54, 1.807) is 0 Å². The number of likely N-dealkylation sites (tertiary alicyclic amines) is 1. The third-order valence-electron chi connectivity index (χ3n) is 4.92. The molecule has 1 aliphatic rings. The summed E-state index contributed by atoms with van der Waals surface area (Å²) in [5.74, 6) is -4.27. The average molecular weight is 327 g/mol. The summed E-state index contributed by atoms with van der Waals surface area (Å²) in [4.78, 5) is 13.4. The number of piperidine rings is 1. The lowest BCUT2D eigenvalue weighted by atomic mass is 9.77. The molecule has 1 aliphatic heterocycles. The van der Waals surface area contributed by atoms with E-state index in [-0.39, 0.29) is 30.7 Å². The number of hydrogen-bond acceptors (Lipinski definition) is 3. The van der Waals surface area contributed by atoms with Crippen molar-refractivity contribution in [1.29, 1.82) is 0 Å². The average Bonchev–Trinajstić information content (AvgIpc) is 2.61. The van der Waals surface area contributed by atoms with E-state index < -0.39 is 11.8 Å². The number of ether oxygens (including phenoxy) is 1. The van der Waals surface area contributed by atoms with Gasteiger partial charge in [-0.3, -0.25) is 4.79 Å².